The van der Waals surface area contributed by atoms with Crippen LogP contribution in [-0.4, -0.2) is 47.7 Å². The molecule has 7 nitrogen and oxygen atoms in total. The van der Waals surface area contributed by atoms with Gasteiger partial charge >= 0.3 is 5.97 Å². The van der Waals surface area contributed by atoms with E-state index >= 15 is 0 Å². The van der Waals surface area contributed by atoms with Gasteiger partial charge in [0.1, 0.15) is 11.9 Å². The van der Waals surface area contributed by atoms with Gasteiger partial charge in [-0.1, -0.05) is 30.7 Å². The van der Waals surface area contributed by atoms with Crippen LogP contribution in [0.3, 0.4) is 0 Å². The van der Waals surface area contributed by atoms with Gasteiger partial charge in [-0.05, 0) is 43.5 Å². The van der Waals surface area contributed by atoms with Gasteiger partial charge in [0.05, 0.1) is 17.7 Å². The molecule has 7 heteroatoms. The van der Waals surface area contributed by atoms with E-state index in [1.807, 2.05) is 0 Å². The monoisotopic (exact) mass is 449 g/mol. The van der Waals surface area contributed by atoms with Crippen LogP contribution in [0.25, 0.3) is 0 Å². The van der Waals surface area contributed by atoms with Crippen LogP contribution in [0.2, 0.25) is 0 Å². The Morgan fingerprint density at radius 1 is 0.970 bits per heavy atom. The quantitative estimate of drug-likeness (QED) is 0.343. The fraction of sp³-hybridized carbons (Fsp3) is 0.385. The number of carbonyl (C=O) groups excluding carboxylic acids is 4. The number of benzene rings is 2. The molecule has 1 heterocycles. The van der Waals surface area contributed by atoms with Crippen molar-refractivity contribution in [3.63, 3.8) is 0 Å². The average molecular weight is 450 g/mol. The third-order valence-electron chi connectivity index (χ3n) is 6.22. The van der Waals surface area contributed by atoms with E-state index in [-0.39, 0.29) is 48.6 Å². The zero-order chi connectivity index (χ0) is 23.4. The van der Waals surface area contributed by atoms with E-state index in [9.17, 15) is 19.2 Å². The van der Waals surface area contributed by atoms with Crippen molar-refractivity contribution in [3.8, 4) is 5.75 Å². The van der Waals surface area contributed by atoms with Crippen molar-refractivity contribution in [3.05, 3.63) is 65.2 Å². The molecule has 4 rings (SSSR count). The van der Waals surface area contributed by atoms with E-state index in [1.54, 1.807) is 48.5 Å². The number of fused-ring (bicyclic) bond motifs is 1. The molecule has 2 aromatic carbocycles. The lowest BCUT2D eigenvalue weighted by atomic mass is 9.87. The molecule has 0 radical (unpaired) electrons. The van der Waals surface area contributed by atoms with E-state index in [1.165, 1.54) is 6.92 Å². The molecule has 0 unspecified atom stereocenters. The second-order valence-electron chi connectivity index (χ2n) is 8.51. The molecule has 0 saturated heterocycles. The largest absolute Gasteiger partial charge is 0.493 e. The van der Waals surface area contributed by atoms with Crippen molar-refractivity contribution in [1.82, 2.24) is 4.90 Å². The number of amides is 2. The lowest BCUT2D eigenvalue weighted by molar-refractivity contribution is -0.151. The van der Waals surface area contributed by atoms with Crippen molar-refractivity contribution < 1.29 is 28.7 Å². The third-order valence-corrected chi connectivity index (χ3v) is 6.22. The molecule has 1 saturated carbocycles. The van der Waals surface area contributed by atoms with Gasteiger partial charge < -0.3 is 9.47 Å². The summed E-state index contributed by atoms with van der Waals surface area (Å²) < 4.78 is 11.4. The normalized spacial score (nSPS) is 19.8. The standard InChI is InChI=1S/C26H27NO6/c1-17(28)33-24-12-5-2-7-19(24)16-32-20-9-6-8-18(15-20)23(29)13-14-27-25(30)21-10-3-4-11-22(21)26(27)31/h3-4,6,8-11,15,19,24H,2,5,7,12-14,16H2,1H3/t19-,24+/m0/s1. The Morgan fingerprint density at radius 2 is 1.67 bits per heavy atom. The molecule has 2 aromatic rings. The minimum atomic E-state index is -0.365. The van der Waals surface area contributed by atoms with Gasteiger partial charge in [-0.2, -0.15) is 0 Å². The molecule has 0 bridgehead atoms. The van der Waals surface area contributed by atoms with Crippen molar-refractivity contribution in [2.45, 2.75) is 45.1 Å². The molecule has 2 atom stereocenters. The maximum atomic E-state index is 12.8. The number of hydrogen-bond donors (Lipinski definition) is 0. The predicted octanol–water partition coefficient (Wildman–Crippen LogP) is 4.06. The van der Waals surface area contributed by atoms with Crippen LogP contribution in [-0.2, 0) is 9.53 Å². The number of ether oxygens (including phenoxy) is 2. The van der Waals surface area contributed by atoms with Crippen molar-refractivity contribution >= 4 is 23.6 Å². The summed E-state index contributed by atoms with van der Waals surface area (Å²) in [6.07, 6.45) is 3.77. The van der Waals surface area contributed by atoms with Gasteiger partial charge in [-0.25, -0.2) is 0 Å². The van der Waals surface area contributed by atoms with Crippen LogP contribution in [0.1, 0.15) is 70.1 Å². The zero-order valence-corrected chi connectivity index (χ0v) is 18.6. The van der Waals surface area contributed by atoms with Crippen molar-refractivity contribution in [2.75, 3.05) is 13.2 Å². The number of ketones is 1. The number of hydrogen-bond acceptors (Lipinski definition) is 6. The first-order valence-electron chi connectivity index (χ1n) is 11.3. The molecule has 0 aromatic heterocycles. The van der Waals surface area contributed by atoms with E-state index < -0.39 is 0 Å². The number of rotatable bonds is 8. The summed E-state index contributed by atoms with van der Waals surface area (Å²) in [6.45, 7) is 1.86. The molecule has 172 valence electrons. The summed E-state index contributed by atoms with van der Waals surface area (Å²) >= 11 is 0. The highest BCUT2D eigenvalue weighted by molar-refractivity contribution is 6.21. The topological polar surface area (TPSA) is 90.0 Å². The molecule has 0 N–H and O–H groups in total. The number of nitrogens with zero attached hydrogens (tertiary/aromatic N) is 1. The maximum Gasteiger partial charge on any atom is 0.302 e. The Kier molecular flexibility index (Phi) is 6.87. The second-order valence-corrected chi connectivity index (χ2v) is 8.51. The fourth-order valence-electron chi connectivity index (χ4n) is 4.50. The first-order chi connectivity index (χ1) is 15.9. The third kappa shape index (κ3) is 5.13. The summed E-state index contributed by atoms with van der Waals surface area (Å²) in [6, 6.07) is 13.6. The summed E-state index contributed by atoms with van der Waals surface area (Å²) in [5.74, 6) is -0.500. The van der Waals surface area contributed by atoms with Gasteiger partial charge in [0.15, 0.2) is 5.78 Å². The highest BCUT2D eigenvalue weighted by Crippen LogP contribution is 2.28. The van der Waals surface area contributed by atoms with E-state index in [4.69, 9.17) is 9.47 Å². The van der Waals surface area contributed by atoms with Crippen molar-refractivity contribution in [2.24, 2.45) is 5.92 Å². The van der Waals surface area contributed by atoms with Gasteiger partial charge in [0.25, 0.3) is 11.8 Å². The molecule has 1 aliphatic carbocycles. The van der Waals surface area contributed by atoms with Gasteiger partial charge in [0.2, 0.25) is 0 Å². The molecule has 1 fully saturated rings. The van der Waals surface area contributed by atoms with Crippen LogP contribution >= 0.6 is 0 Å². The van der Waals surface area contributed by atoms with E-state index in [0.29, 0.717) is 29.0 Å². The van der Waals surface area contributed by atoms with Crippen LogP contribution in [0.4, 0.5) is 0 Å². The van der Waals surface area contributed by atoms with Gasteiger partial charge in [-0.15, -0.1) is 0 Å². The molecule has 1 aliphatic heterocycles. The van der Waals surface area contributed by atoms with Crippen molar-refractivity contribution in [1.29, 1.82) is 0 Å². The summed E-state index contributed by atoms with van der Waals surface area (Å²) in [4.78, 5) is 50.2. The summed E-state index contributed by atoms with van der Waals surface area (Å²) in [7, 11) is 0. The molecule has 2 aliphatic rings. The van der Waals surface area contributed by atoms with Gasteiger partial charge in [-0.3, -0.25) is 24.1 Å². The molecular formula is C26H27NO6. The average Bonchev–Trinajstić information content (AvgIpc) is 3.06. The lowest BCUT2D eigenvalue weighted by Gasteiger charge is -2.30. The minimum absolute atomic E-state index is 0.0302. The first kappa shape index (κ1) is 22.7. The predicted molar refractivity (Wildman–Crippen MR) is 120 cm³/mol. The first-order valence-corrected chi connectivity index (χ1v) is 11.3. The number of imide groups is 1. The Balaban J connectivity index is 1.34. The Bertz CT molecular complexity index is 1040. The molecular weight excluding hydrogens is 422 g/mol. The minimum Gasteiger partial charge on any atom is -0.493 e. The van der Waals surface area contributed by atoms with E-state index in [0.717, 1.165) is 30.6 Å². The maximum absolute atomic E-state index is 12.8. The van der Waals surface area contributed by atoms with E-state index in [2.05, 4.69) is 0 Å². The molecule has 0 spiro atoms. The Hall–Kier alpha value is -3.48. The number of Topliss-reactive ketones (excluding diaryl/α,β-unsaturated/α-hetero) is 1. The fourth-order valence-corrected chi connectivity index (χ4v) is 4.50. The smallest absolute Gasteiger partial charge is 0.302 e. The summed E-state index contributed by atoms with van der Waals surface area (Å²) in [5.41, 5.74) is 1.21. The van der Waals surface area contributed by atoms with Crippen LogP contribution in [0, 0.1) is 5.92 Å². The Morgan fingerprint density at radius 3 is 2.36 bits per heavy atom. The lowest BCUT2D eigenvalue weighted by Crippen LogP contribution is -2.33. The number of carbonyl (C=O) groups is 4. The van der Waals surface area contributed by atoms with Gasteiger partial charge in [0, 0.05) is 31.4 Å². The Labute approximate surface area is 192 Å². The zero-order valence-electron chi connectivity index (χ0n) is 18.6. The highest BCUT2D eigenvalue weighted by Gasteiger charge is 2.35. The SMILES string of the molecule is CC(=O)O[C@@H]1CCCC[C@H]1COc1cccc(C(=O)CCN2C(=O)c3ccccc3C2=O)c1. The molecule has 33 heavy (non-hydrogen) atoms. The second kappa shape index (κ2) is 9.98. The molecule has 2 amide bonds. The number of esters is 1. The highest BCUT2D eigenvalue weighted by atomic mass is 16.5. The van der Waals surface area contributed by atoms with Crippen LogP contribution in [0.5, 0.6) is 5.75 Å². The summed E-state index contributed by atoms with van der Waals surface area (Å²) in [5, 5.41) is 0. The van der Waals surface area contributed by atoms with Crippen LogP contribution in [0.15, 0.2) is 48.5 Å². The van der Waals surface area contributed by atoms with Crippen LogP contribution < -0.4 is 4.74 Å².